The molecule has 1 aromatic heterocycles. The average molecular weight is 280 g/mol. The van der Waals surface area contributed by atoms with Crippen molar-refractivity contribution in [2.75, 3.05) is 18.1 Å². The van der Waals surface area contributed by atoms with Gasteiger partial charge >= 0.3 is 0 Å². The Morgan fingerprint density at radius 3 is 2.58 bits per heavy atom. The van der Waals surface area contributed by atoms with E-state index in [1.807, 2.05) is 12.1 Å². The Bertz CT molecular complexity index is 613. The predicted octanol–water partition coefficient (Wildman–Crippen LogP) is 1.30. The first-order valence-corrected chi connectivity index (χ1v) is 8.29. The SMILES string of the molecule is N#Cc1ccc(CN2CCC23CCS(=O)(=O)CC3)o1. The smallest absolute Gasteiger partial charge is 0.203 e. The maximum atomic E-state index is 11.5. The molecule has 2 aliphatic heterocycles. The Labute approximate surface area is 112 Å². The fourth-order valence-corrected chi connectivity index (χ4v) is 4.61. The fourth-order valence-electron chi connectivity index (χ4n) is 3.03. The third kappa shape index (κ3) is 2.28. The number of hydrogen-bond acceptors (Lipinski definition) is 5. The Kier molecular flexibility index (Phi) is 2.91. The molecule has 2 aliphatic rings. The van der Waals surface area contributed by atoms with Crippen molar-refractivity contribution in [1.82, 2.24) is 4.90 Å². The van der Waals surface area contributed by atoms with Crippen LogP contribution in [0.25, 0.3) is 0 Å². The van der Waals surface area contributed by atoms with E-state index in [-0.39, 0.29) is 5.54 Å². The van der Waals surface area contributed by atoms with E-state index in [2.05, 4.69) is 4.90 Å². The predicted molar refractivity (Wildman–Crippen MR) is 69.1 cm³/mol. The van der Waals surface area contributed by atoms with Gasteiger partial charge in [-0.15, -0.1) is 0 Å². The highest BCUT2D eigenvalue weighted by atomic mass is 32.2. The standard InChI is InChI=1S/C13H16N2O3S/c14-9-11-1-2-12(18-11)10-15-6-3-13(15)4-7-19(16,17)8-5-13/h1-2H,3-8,10H2. The monoisotopic (exact) mass is 280 g/mol. The maximum absolute atomic E-state index is 11.5. The van der Waals surface area contributed by atoms with Crippen LogP contribution in [-0.4, -0.2) is 36.9 Å². The van der Waals surface area contributed by atoms with Gasteiger partial charge in [0.1, 0.15) is 21.7 Å². The summed E-state index contributed by atoms with van der Waals surface area (Å²) in [6.45, 7) is 1.64. The van der Waals surface area contributed by atoms with E-state index in [0.717, 1.165) is 31.6 Å². The van der Waals surface area contributed by atoms with Crippen LogP contribution in [0.2, 0.25) is 0 Å². The van der Waals surface area contributed by atoms with Gasteiger partial charge < -0.3 is 4.42 Å². The number of hydrogen-bond donors (Lipinski definition) is 0. The van der Waals surface area contributed by atoms with Crippen molar-refractivity contribution in [3.05, 3.63) is 23.7 Å². The van der Waals surface area contributed by atoms with Gasteiger partial charge in [-0.25, -0.2) is 8.42 Å². The summed E-state index contributed by atoms with van der Waals surface area (Å²) in [4.78, 5) is 2.29. The first-order valence-electron chi connectivity index (χ1n) is 6.47. The number of sulfone groups is 1. The van der Waals surface area contributed by atoms with Crippen LogP contribution >= 0.6 is 0 Å². The molecule has 0 atom stereocenters. The van der Waals surface area contributed by atoms with Crippen LogP contribution in [-0.2, 0) is 16.4 Å². The summed E-state index contributed by atoms with van der Waals surface area (Å²) in [6.07, 6.45) is 2.51. The zero-order chi connectivity index (χ0) is 13.5. The summed E-state index contributed by atoms with van der Waals surface area (Å²) in [5, 5.41) is 8.73. The Balaban J connectivity index is 1.68. The molecule has 0 aromatic carbocycles. The molecule has 0 bridgehead atoms. The van der Waals surface area contributed by atoms with Crippen LogP contribution in [0, 0.1) is 11.3 Å². The summed E-state index contributed by atoms with van der Waals surface area (Å²) in [7, 11) is -2.82. The molecule has 0 N–H and O–H groups in total. The third-order valence-electron chi connectivity index (χ3n) is 4.39. The summed E-state index contributed by atoms with van der Waals surface area (Å²) in [5.74, 6) is 1.70. The van der Waals surface area contributed by atoms with E-state index in [4.69, 9.17) is 9.68 Å². The molecule has 0 amide bonds. The van der Waals surface area contributed by atoms with Crippen molar-refractivity contribution in [3.63, 3.8) is 0 Å². The molecule has 0 radical (unpaired) electrons. The number of rotatable bonds is 2. The van der Waals surface area contributed by atoms with Crippen LogP contribution in [0.3, 0.4) is 0 Å². The minimum absolute atomic E-state index is 0.0465. The van der Waals surface area contributed by atoms with E-state index < -0.39 is 9.84 Å². The zero-order valence-corrected chi connectivity index (χ0v) is 11.4. The highest BCUT2D eigenvalue weighted by Gasteiger charge is 2.47. The molecular weight excluding hydrogens is 264 g/mol. The maximum Gasteiger partial charge on any atom is 0.203 e. The number of furan rings is 1. The lowest BCUT2D eigenvalue weighted by molar-refractivity contribution is -0.0341. The van der Waals surface area contributed by atoms with E-state index in [9.17, 15) is 8.42 Å². The van der Waals surface area contributed by atoms with Gasteiger partial charge in [0.25, 0.3) is 0 Å². The molecule has 1 aromatic rings. The largest absolute Gasteiger partial charge is 0.449 e. The molecule has 5 nitrogen and oxygen atoms in total. The lowest BCUT2D eigenvalue weighted by Crippen LogP contribution is -2.62. The molecule has 1 spiro atoms. The van der Waals surface area contributed by atoms with Crippen molar-refractivity contribution < 1.29 is 12.8 Å². The topological polar surface area (TPSA) is 74.3 Å². The minimum Gasteiger partial charge on any atom is -0.449 e. The van der Waals surface area contributed by atoms with E-state index in [1.54, 1.807) is 6.07 Å². The second-order valence-corrected chi connectivity index (χ2v) is 7.73. The second kappa shape index (κ2) is 4.36. The van der Waals surface area contributed by atoms with Crippen LogP contribution in [0.1, 0.15) is 30.8 Å². The van der Waals surface area contributed by atoms with Gasteiger partial charge in [0, 0.05) is 12.1 Å². The number of likely N-dealkylation sites (tertiary alicyclic amines) is 1. The van der Waals surface area contributed by atoms with Gasteiger partial charge in [-0.3, -0.25) is 4.90 Å². The van der Waals surface area contributed by atoms with Gasteiger partial charge in [-0.1, -0.05) is 0 Å². The molecule has 6 heteroatoms. The van der Waals surface area contributed by atoms with Crippen molar-refractivity contribution in [2.45, 2.75) is 31.3 Å². The van der Waals surface area contributed by atoms with Crippen molar-refractivity contribution >= 4 is 9.84 Å². The number of nitrogens with zero attached hydrogens (tertiary/aromatic N) is 2. The van der Waals surface area contributed by atoms with Crippen molar-refractivity contribution in [1.29, 1.82) is 5.26 Å². The summed E-state index contributed by atoms with van der Waals surface area (Å²) in [6, 6.07) is 5.47. The molecule has 3 rings (SSSR count). The van der Waals surface area contributed by atoms with Crippen LogP contribution < -0.4 is 0 Å². The lowest BCUT2D eigenvalue weighted by Gasteiger charge is -2.54. The Morgan fingerprint density at radius 1 is 1.32 bits per heavy atom. The van der Waals surface area contributed by atoms with Crippen molar-refractivity contribution in [3.8, 4) is 6.07 Å². The van der Waals surface area contributed by atoms with Gasteiger partial charge in [-0.2, -0.15) is 5.26 Å². The first kappa shape index (κ1) is 12.7. The van der Waals surface area contributed by atoms with Crippen molar-refractivity contribution in [2.24, 2.45) is 0 Å². The third-order valence-corrected chi connectivity index (χ3v) is 6.05. The summed E-state index contributed by atoms with van der Waals surface area (Å²) >= 11 is 0. The highest BCUT2D eigenvalue weighted by Crippen LogP contribution is 2.41. The van der Waals surface area contributed by atoms with E-state index in [0.29, 0.717) is 23.8 Å². The zero-order valence-electron chi connectivity index (χ0n) is 10.6. The highest BCUT2D eigenvalue weighted by molar-refractivity contribution is 7.91. The quantitative estimate of drug-likeness (QED) is 0.816. The molecule has 0 unspecified atom stereocenters. The fraction of sp³-hybridized carbons (Fsp3) is 0.615. The normalized spacial score (nSPS) is 24.8. The molecule has 2 saturated heterocycles. The Morgan fingerprint density at radius 2 is 2.05 bits per heavy atom. The molecule has 0 aliphatic carbocycles. The lowest BCUT2D eigenvalue weighted by atomic mass is 9.79. The van der Waals surface area contributed by atoms with Gasteiger partial charge in [-0.05, 0) is 31.4 Å². The minimum atomic E-state index is -2.82. The molecule has 19 heavy (non-hydrogen) atoms. The Hall–Kier alpha value is -1.32. The van der Waals surface area contributed by atoms with Crippen LogP contribution in [0.5, 0.6) is 0 Å². The molecule has 2 fully saturated rings. The van der Waals surface area contributed by atoms with E-state index >= 15 is 0 Å². The van der Waals surface area contributed by atoms with Crippen LogP contribution in [0.15, 0.2) is 16.5 Å². The second-order valence-electron chi connectivity index (χ2n) is 5.43. The first-order chi connectivity index (χ1) is 9.03. The number of nitriles is 1. The molecule has 3 heterocycles. The summed E-state index contributed by atoms with van der Waals surface area (Å²) in [5.41, 5.74) is 0.0465. The average Bonchev–Trinajstić information content (AvgIpc) is 2.83. The molecular formula is C13H16N2O3S. The summed E-state index contributed by atoms with van der Waals surface area (Å²) < 4.78 is 28.4. The van der Waals surface area contributed by atoms with E-state index in [1.165, 1.54) is 0 Å². The van der Waals surface area contributed by atoms with Gasteiger partial charge in [0.2, 0.25) is 5.76 Å². The molecule has 102 valence electrons. The van der Waals surface area contributed by atoms with Gasteiger partial charge in [0.05, 0.1) is 18.1 Å². The van der Waals surface area contributed by atoms with Gasteiger partial charge in [0.15, 0.2) is 0 Å². The molecule has 0 saturated carbocycles. The van der Waals surface area contributed by atoms with Crippen LogP contribution in [0.4, 0.5) is 0 Å².